The van der Waals surface area contributed by atoms with E-state index in [1.807, 2.05) is 12.1 Å². The number of ether oxygens (including phenoxy) is 1. The van der Waals surface area contributed by atoms with E-state index >= 15 is 0 Å². The van der Waals surface area contributed by atoms with Crippen LogP contribution in [0.4, 0.5) is 11.5 Å². The van der Waals surface area contributed by atoms with Gasteiger partial charge in [-0.3, -0.25) is 0 Å². The van der Waals surface area contributed by atoms with Crippen LogP contribution in [-0.4, -0.2) is 37.9 Å². The van der Waals surface area contributed by atoms with Gasteiger partial charge in [-0.2, -0.15) is 5.10 Å². The lowest BCUT2D eigenvalue weighted by Gasteiger charge is -2.10. The van der Waals surface area contributed by atoms with Gasteiger partial charge in [-0.25, -0.2) is 19.4 Å². The van der Waals surface area contributed by atoms with Crippen LogP contribution in [0.15, 0.2) is 55.0 Å². The van der Waals surface area contributed by atoms with Crippen LogP contribution < -0.4 is 5.32 Å². The van der Waals surface area contributed by atoms with Crippen molar-refractivity contribution in [2.45, 2.75) is 0 Å². The number of hydrogen-bond donors (Lipinski definition) is 2. The molecule has 2 aromatic heterocycles. The topological polar surface area (TPSA) is 102 Å². The van der Waals surface area contributed by atoms with Gasteiger partial charge < -0.3 is 15.2 Å². The van der Waals surface area contributed by atoms with Crippen LogP contribution in [0, 0.1) is 0 Å². The maximum atomic E-state index is 11.6. The number of phenols is 1. The highest BCUT2D eigenvalue weighted by atomic mass is 35.5. The lowest BCUT2D eigenvalue weighted by Crippen LogP contribution is -2.02. The van der Waals surface area contributed by atoms with Gasteiger partial charge in [0.2, 0.25) is 0 Å². The van der Waals surface area contributed by atoms with E-state index in [-0.39, 0.29) is 11.3 Å². The molecule has 28 heavy (non-hydrogen) atoms. The first-order valence-electron chi connectivity index (χ1n) is 8.20. The van der Waals surface area contributed by atoms with Gasteiger partial charge in [0.05, 0.1) is 35.6 Å². The number of nitrogens with one attached hydrogen (secondary N) is 1. The number of phenolic OH excluding ortho intramolecular Hbond substituents is 1. The Morgan fingerprint density at radius 1 is 1.21 bits per heavy atom. The van der Waals surface area contributed by atoms with Crippen molar-refractivity contribution in [2.75, 3.05) is 12.4 Å². The normalized spacial score (nSPS) is 10.8. The molecule has 2 N–H and O–H groups in total. The molecule has 2 aromatic carbocycles. The third-order valence-electron chi connectivity index (χ3n) is 4.09. The monoisotopic (exact) mass is 395 g/mol. The molecule has 0 radical (unpaired) electrons. The number of aromatic nitrogens is 4. The standard InChI is InChI=1S/C19H14ClN5O3/c1-28-19(27)11-5-6-15(16(26)7-11)24-17-14-9-23-25(18(14)22-10-21-17)13-4-2-3-12(20)8-13/h2-10,26H,1H3,(H,21,22,24). The number of methoxy groups -OCH3 is 1. The first kappa shape index (κ1) is 17.7. The van der Waals surface area contributed by atoms with Crippen LogP contribution in [0.3, 0.4) is 0 Å². The maximum absolute atomic E-state index is 11.6. The summed E-state index contributed by atoms with van der Waals surface area (Å²) in [4.78, 5) is 20.1. The first-order chi connectivity index (χ1) is 13.6. The summed E-state index contributed by atoms with van der Waals surface area (Å²) in [5.74, 6) is -0.189. The number of anilines is 2. The Bertz CT molecular complexity index is 1190. The van der Waals surface area contributed by atoms with Crippen LogP contribution in [0.2, 0.25) is 5.02 Å². The zero-order valence-corrected chi connectivity index (χ0v) is 15.4. The Morgan fingerprint density at radius 2 is 2.07 bits per heavy atom. The first-order valence-corrected chi connectivity index (χ1v) is 8.57. The van der Waals surface area contributed by atoms with E-state index in [0.29, 0.717) is 27.6 Å². The molecule has 0 atom stereocenters. The Morgan fingerprint density at radius 3 is 2.82 bits per heavy atom. The average Bonchev–Trinajstić information content (AvgIpc) is 3.14. The summed E-state index contributed by atoms with van der Waals surface area (Å²) in [5.41, 5.74) is 1.96. The summed E-state index contributed by atoms with van der Waals surface area (Å²) in [6, 6.07) is 11.7. The van der Waals surface area contributed by atoms with Crippen molar-refractivity contribution < 1.29 is 14.6 Å². The van der Waals surface area contributed by atoms with E-state index in [0.717, 1.165) is 5.69 Å². The highest BCUT2D eigenvalue weighted by Gasteiger charge is 2.14. The van der Waals surface area contributed by atoms with Gasteiger partial charge in [0.1, 0.15) is 17.9 Å². The second-order valence-corrected chi connectivity index (χ2v) is 6.28. The molecule has 0 spiro atoms. The molecule has 8 nitrogen and oxygen atoms in total. The van der Waals surface area contributed by atoms with Gasteiger partial charge in [0.25, 0.3) is 0 Å². The van der Waals surface area contributed by atoms with E-state index in [1.165, 1.54) is 19.5 Å². The fourth-order valence-corrected chi connectivity index (χ4v) is 2.93. The molecule has 140 valence electrons. The Labute approximate surface area is 164 Å². The van der Waals surface area contributed by atoms with Crippen molar-refractivity contribution in [1.82, 2.24) is 19.7 Å². The zero-order valence-electron chi connectivity index (χ0n) is 14.6. The number of carbonyl (C=O) groups is 1. The van der Waals surface area contributed by atoms with E-state index in [9.17, 15) is 9.90 Å². The van der Waals surface area contributed by atoms with E-state index in [4.69, 9.17) is 11.6 Å². The zero-order chi connectivity index (χ0) is 19.7. The number of benzene rings is 2. The molecule has 4 rings (SSSR count). The number of halogens is 1. The van der Waals surface area contributed by atoms with E-state index in [1.54, 1.807) is 35.1 Å². The summed E-state index contributed by atoms with van der Waals surface area (Å²) in [6.45, 7) is 0. The molecular formula is C19H14ClN5O3. The molecular weight excluding hydrogens is 382 g/mol. The predicted molar refractivity (Wildman–Crippen MR) is 104 cm³/mol. The van der Waals surface area contributed by atoms with Crippen LogP contribution in [0.1, 0.15) is 10.4 Å². The molecule has 0 bridgehead atoms. The summed E-state index contributed by atoms with van der Waals surface area (Å²) in [5, 5.41) is 18.9. The van der Waals surface area contributed by atoms with Gasteiger partial charge >= 0.3 is 5.97 Å². The Kier molecular flexibility index (Phi) is 4.54. The molecule has 0 saturated heterocycles. The summed E-state index contributed by atoms with van der Waals surface area (Å²) in [6.07, 6.45) is 3.02. The molecule has 0 unspecified atom stereocenters. The van der Waals surface area contributed by atoms with Crippen molar-refractivity contribution in [3.63, 3.8) is 0 Å². The largest absolute Gasteiger partial charge is 0.506 e. The van der Waals surface area contributed by atoms with Gasteiger partial charge in [-0.05, 0) is 36.4 Å². The Hall–Kier alpha value is -3.65. The fraction of sp³-hybridized carbons (Fsp3) is 0.0526. The van der Waals surface area contributed by atoms with Crippen molar-refractivity contribution in [1.29, 1.82) is 0 Å². The van der Waals surface area contributed by atoms with Gasteiger partial charge in [0.15, 0.2) is 5.65 Å². The quantitative estimate of drug-likeness (QED) is 0.401. The number of rotatable bonds is 4. The van der Waals surface area contributed by atoms with Gasteiger partial charge in [-0.15, -0.1) is 0 Å². The van der Waals surface area contributed by atoms with Gasteiger partial charge in [0, 0.05) is 5.02 Å². The number of esters is 1. The third kappa shape index (κ3) is 3.21. The predicted octanol–water partition coefficient (Wildman–Crippen LogP) is 3.70. The molecule has 0 amide bonds. The SMILES string of the molecule is COC(=O)c1ccc(Nc2ncnc3c2cnn3-c2cccc(Cl)c2)c(O)c1. The third-order valence-corrected chi connectivity index (χ3v) is 4.33. The van der Waals surface area contributed by atoms with Crippen molar-refractivity contribution >= 4 is 40.1 Å². The molecule has 0 aliphatic heterocycles. The summed E-state index contributed by atoms with van der Waals surface area (Å²) in [7, 11) is 1.28. The smallest absolute Gasteiger partial charge is 0.337 e. The highest BCUT2D eigenvalue weighted by molar-refractivity contribution is 6.30. The number of fused-ring (bicyclic) bond motifs is 1. The molecule has 0 aliphatic rings. The Balaban J connectivity index is 1.72. The lowest BCUT2D eigenvalue weighted by molar-refractivity contribution is 0.0600. The molecule has 2 heterocycles. The maximum Gasteiger partial charge on any atom is 0.337 e. The molecule has 4 aromatic rings. The van der Waals surface area contributed by atoms with Crippen molar-refractivity contribution in [3.8, 4) is 11.4 Å². The number of aromatic hydroxyl groups is 1. The number of hydrogen-bond acceptors (Lipinski definition) is 7. The number of nitrogens with zero attached hydrogens (tertiary/aromatic N) is 4. The van der Waals surface area contributed by atoms with Gasteiger partial charge in [-0.1, -0.05) is 17.7 Å². The minimum Gasteiger partial charge on any atom is -0.506 e. The molecule has 9 heteroatoms. The van der Waals surface area contributed by atoms with E-state index in [2.05, 4.69) is 25.1 Å². The van der Waals surface area contributed by atoms with E-state index < -0.39 is 5.97 Å². The van der Waals surface area contributed by atoms with Crippen LogP contribution in [-0.2, 0) is 4.74 Å². The lowest BCUT2D eigenvalue weighted by atomic mass is 10.2. The van der Waals surface area contributed by atoms with Crippen molar-refractivity contribution in [3.05, 3.63) is 65.6 Å². The second-order valence-electron chi connectivity index (χ2n) is 5.84. The average molecular weight is 396 g/mol. The molecule has 0 fully saturated rings. The molecule has 0 aliphatic carbocycles. The van der Waals surface area contributed by atoms with Crippen molar-refractivity contribution in [2.24, 2.45) is 0 Å². The van der Waals surface area contributed by atoms with Crippen LogP contribution in [0.5, 0.6) is 5.75 Å². The summed E-state index contributed by atoms with van der Waals surface area (Å²) < 4.78 is 6.30. The highest BCUT2D eigenvalue weighted by Crippen LogP contribution is 2.30. The molecule has 0 saturated carbocycles. The second kappa shape index (κ2) is 7.16. The van der Waals surface area contributed by atoms with Crippen LogP contribution >= 0.6 is 11.6 Å². The summed E-state index contributed by atoms with van der Waals surface area (Å²) >= 11 is 6.07. The fourth-order valence-electron chi connectivity index (χ4n) is 2.75. The number of carbonyl (C=O) groups excluding carboxylic acids is 1. The van der Waals surface area contributed by atoms with Crippen LogP contribution in [0.25, 0.3) is 16.7 Å². The minimum absolute atomic E-state index is 0.114. The minimum atomic E-state index is -0.533.